The van der Waals surface area contributed by atoms with E-state index < -0.39 is 0 Å². The highest BCUT2D eigenvalue weighted by atomic mass is 16.5. The molecule has 0 saturated carbocycles. The van der Waals surface area contributed by atoms with E-state index in [9.17, 15) is 4.79 Å². The van der Waals surface area contributed by atoms with E-state index >= 15 is 0 Å². The van der Waals surface area contributed by atoms with Gasteiger partial charge in [-0.2, -0.15) is 5.10 Å². The van der Waals surface area contributed by atoms with Crippen LogP contribution >= 0.6 is 0 Å². The van der Waals surface area contributed by atoms with Crippen molar-refractivity contribution >= 4 is 5.69 Å². The van der Waals surface area contributed by atoms with Crippen molar-refractivity contribution in [3.63, 3.8) is 0 Å². The number of nitrogens with zero attached hydrogens (tertiary/aromatic N) is 5. The first-order valence-electron chi connectivity index (χ1n) is 10.6. The Balaban J connectivity index is 1.52. The quantitative estimate of drug-likeness (QED) is 0.622. The monoisotopic (exact) mass is 423 g/mol. The number of hydrogen-bond donors (Lipinski definition) is 0. The fraction of sp³-hybridized carbons (Fsp3) is 0.478. The SMILES string of the molecule is Cc1ccc(-c2noc(C)c2Cn2ncc(N3CC[C@H](OC(C)(C)C)C3)cc2=O)cn1. The summed E-state index contributed by atoms with van der Waals surface area (Å²) in [5.41, 5.74) is 3.78. The largest absolute Gasteiger partial charge is 0.371 e. The molecule has 1 saturated heterocycles. The van der Waals surface area contributed by atoms with Gasteiger partial charge in [-0.05, 0) is 53.2 Å². The summed E-state index contributed by atoms with van der Waals surface area (Å²) in [6.07, 6.45) is 4.61. The molecule has 0 amide bonds. The van der Waals surface area contributed by atoms with Crippen LogP contribution in [-0.2, 0) is 11.3 Å². The van der Waals surface area contributed by atoms with E-state index in [1.54, 1.807) is 18.5 Å². The van der Waals surface area contributed by atoms with Gasteiger partial charge in [0.2, 0.25) is 0 Å². The van der Waals surface area contributed by atoms with Gasteiger partial charge in [-0.1, -0.05) is 5.16 Å². The molecule has 4 heterocycles. The molecule has 0 bridgehead atoms. The molecule has 1 atom stereocenters. The molecule has 3 aromatic heterocycles. The van der Waals surface area contributed by atoms with Crippen LogP contribution in [0.3, 0.4) is 0 Å². The average Bonchev–Trinajstić information content (AvgIpc) is 3.30. The summed E-state index contributed by atoms with van der Waals surface area (Å²) in [5.74, 6) is 0.662. The second kappa shape index (κ2) is 8.26. The lowest BCUT2D eigenvalue weighted by Crippen LogP contribution is -2.31. The third-order valence-electron chi connectivity index (χ3n) is 5.36. The molecule has 3 aromatic rings. The van der Waals surface area contributed by atoms with E-state index in [-0.39, 0.29) is 23.8 Å². The van der Waals surface area contributed by atoms with Crippen LogP contribution in [0.1, 0.15) is 44.2 Å². The number of pyridine rings is 1. The molecule has 0 aliphatic carbocycles. The number of aromatic nitrogens is 4. The van der Waals surface area contributed by atoms with Crippen molar-refractivity contribution in [3.05, 3.63) is 58.0 Å². The summed E-state index contributed by atoms with van der Waals surface area (Å²) in [4.78, 5) is 19.3. The maximum absolute atomic E-state index is 12.8. The van der Waals surface area contributed by atoms with Crippen molar-refractivity contribution in [1.29, 1.82) is 0 Å². The minimum Gasteiger partial charge on any atom is -0.371 e. The summed E-state index contributed by atoms with van der Waals surface area (Å²) < 4.78 is 12.9. The summed E-state index contributed by atoms with van der Waals surface area (Å²) >= 11 is 0. The summed E-state index contributed by atoms with van der Waals surface area (Å²) in [5, 5.41) is 8.60. The number of rotatable bonds is 5. The Labute approximate surface area is 181 Å². The van der Waals surface area contributed by atoms with Gasteiger partial charge in [-0.3, -0.25) is 9.78 Å². The molecule has 1 aliphatic rings. The Hall–Kier alpha value is -3.00. The Morgan fingerprint density at radius 3 is 2.71 bits per heavy atom. The van der Waals surface area contributed by atoms with E-state index in [4.69, 9.17) is 9.26 Å². The minimum atomic E-state index is -0.177. The summed E-state index contributed by atoms with van der Waals surface area (Å²) in [6.45, 7) is 11.9. The second-order valence-corrected chi connectivity index (χ2v) is 9.05. The fourth-order valence-electron chi connectivity index (χ4n) is 3.84. The standard InChI is InChI=1S/C23H29N5O3/c1-15-6-7-17(11-24-15)22-20(16(2)31-26-22)14-28-21(29)10-18(12-25-28)27-9-8-19(13-27)30-23(3,4)5/h6-7,10-12,19H,8-9,13-14H2,1-5H3/t19-/m0/s1. The van der Waals surface area contributed by atoms with Crippen molar-refractivity contribution in [2.75, 3.05) is 18.0 Å². The van der Waals surface area contributed by atoms with Gasteiger partial charge in [0, 0.05) is 42.2 Å². The molecular weight excluding hydrogens is 394 g/mol. The van der Waals surface area contributed by atoms with Crippen molar-refractivity contribution in [3.8, 4) is 11.3 Å². The molecular formula is C23H29N5O3. The van der Waals surface area contributed by atoms with E-state index in [1.165, 1.54) is 4.68 Å². The molecule has 8 nitrogen and oxygen atoms in total. The summed E-state index contributed by atoms with van der Waals surface area (Å²) in [6, 6.07) is 5.52. The number of aryl methyl sites for hydroxylation is 2. The molecule has 0 unspecified atom stereocenters. The van der Waals surface area contributed by atoms with Crippen LogP contribution in [0.15, 0.2) is 39.9 Å². The molecule has 164 valence electrons. The number of ether oxygens (including phenoxy) is 1. The minimum absolute atomic E-state index is 0.160. The zero-order chi connectivity index (χ0) is 22.2. The zero-order valence-electron chi connectivity index (χ0n) is 18.8. The molecule has 1 aliphatic heterocycles. The van der Waals surface area contributed by atoms with Crippen LogP contribution < -0.4 is 10.5 Å². The van der Waals surface area contributed by atoms with Crippen molar-refractivity contribution in [2.24, 2.45) is 0 Å². The van der Waals surface area contributed by atoms with Gasteiger partial charge in [0.1, 0.15) is 11.5 Å². The van der Waals surface area contributed by atoms with E-state index in [2.05, 4.69) is 40.9 Å². The van der Waals surface area contributed by atoms with Gasteiger partial charge >= 0.3 is 0 Å². The molecule has 31 heavy (non-hydrogen) atoms. The molecule has 0 N–H and O–H groups in total. The van der Waals surface area contributed by atoms with Crippen LogP contribution in [0.2, 0.25) is 0 Å². The predicted molar refractivity (Wildman–Crippen MR) is 118 cm³/mol. The van der Waals surface area contributed by atoms with Crippen LogP contribution in [0.5, 0.6) is 0 Å². The van der Waals surface area contributed by atoms with Crippen molar-refractivity contribution in [1.82, 2.24) is 19.9 Å². The highest BCUT2D eigenvalue weighted by Gasteiger charge is 2.28. The van der Waals surface area contributed by atoms with Gasteiger partial charge in [-0.15, -0.1) is 0 Å². The Morgan fingerprint density at radius 2 is 2.03 bits per heavy atom. The van der Waals surface area contributed by atoms with E-state index in [0.717, 1.165) is 42.0 Å². The number of anilines is 1. The second-order valence-electron chi connectivity index (χ2n) is 9.05. The highest BCUT2D eigenvalue weighted by Crippen LogP contribution is 2.26. The van der Waals surface area contributed by atoms with Gasteiger partial charge in [0.15, 0.2) is 0 Å². The lowest BCUT2D eigenvalue weighted by Gasteiger charge is -2.25. The highest BCUT2D eigenvalue weighted by molar-refractivity contribution is 5.62. The molecule has 8 heteroatoms. The molecule has 1 fully saturated rings. The van der Waals surface area contributed by atoms with Gasteiger partial charge < -0.3 is 14.2 Å². The molecule has 4 rings (SSSR count). The van der Waals surface area contributed by atoms with Crippen molar-refractivity contribution < 1.29 is 9.26 Å². The Kier molecular flexibility index (Phi) is 5.66. The summed E-state index contributed by atoms with van der Waals surface area (Å²) in [7, 11) is 0. The first-order valence-corrected chi connectivity index (χ1v) is 10.6. The fourth-order valence-corrected chi connectivity index (χ4v) is 3.84. The maximum atomic E-state index is 12.8. The predicted octanol–water partition coefficient (Wildman–Crippen LogP) is 3.35. The van der Waals surface area contributed by atoms with Crippen LogP contribution in [-0.4, -0.2) is 44.7 Å². The van der Waals surface area contributed by atoms with Gasteiger partial charge in [0.05, 0.1) is 30.1 Å². The van der Waals surface area contributed by atoms with Crippen LogP contribution in [0.4, 0.5) is 5.69 Å². The van der Waals surface area contributed by atoms with Crippen molar-refractivity contribution in [2.45, 2.75) is 59.3 Å². The maximum Gasteiger partial charge on any atom is 0.269 e. The Bertz CT molecular complexity index is 1110. The Morgan fingerprint density at radius 1 is 1.23 bits per heavy atom. The smallest absolute Gasteiger partial charge is 0.269 e. The molecule has 0 aromatic carbocycles. The lowest BCUT2D eigenvalue weighted by molar-refractivity contribution is -0.0492. The third-order valence-corrected chi connectivity index (χ3v) is 5.36. The number of hydrogen-bond acceptors (Lipinski definition) is 7. The topological polar surface area (TPSA) is 86.3 Å². The van der Waals surface area contributed by atoms with E-state index in [0.29, 0.717) is 11.5 Å². The molecule has 0 radical (unpaired) electrons. The van der Waals surface area contributed by atoms with Crippen LogP contribution in [0.25, 0.3) is 11.3 Å². The normalized spacial score (nSPS) is 16.8. The molecule has 0 spiro atoms. The van der Waals surface area contributed by atoms with Gasteiger partial charge in [-0.25, -0.2) is 4.68 Å². The average molecular weight is 424 g/mol. The zero-order valence-corrected chi connectivity index (χ0v) is 18.8. The first kappa shape index (κ1) is 21.2. The lowest BCUT2D eigenvalue weighted by atomic mass is 10.1. The van der Waals surface area contributed by atoms with Gasteiger partial charge in [0.25, 0.3) is 5.56 Å². The first-order chi connectivity index (χ1) is 14.7. The van der Waals surface area contributed by atoms with Crippen LogP contribution in [0, 0.1) is 13.8 Å². The van der Waals surface area contributed by atoms with E-state index in [1.807, 2.05) is 26.0 Å². The third kappa shape index (κ3) is 4.85.